The van der Waals surface area contributed by atoms with Crippen LogP contribution in [0.25, 0.3) is 0 Å². The zero-order valence-electron chi connectivity index (χ0n) is 9.47. The maximum atomic E-state index is 13.0. The molecule has 1 aliphatic carbocycles. The second-order valence-corrected chi connectivity index (χ2v) is 4.57. The van der Waals surface area contributed by atoms with Gasteiger partial charge in [-0.3, -0.25) is 0 Å². The number of rotatable bonds is 1. The Morgan fingerprint density at radius 1 is 1.06 bits per heavy atom. The quantitative estimate of drug-likeness (QED) is 0.686. The minimum absolute atomic E-state index is 0. The summed E-state index contributed by atoms with van der Waals surface area (Å²) >= 11 is 0. The Hall–Kier alpha value is 0.184. The number of hydrogen-bond acceptors (Lipinski definition) is 0. The van der Waals surface area contributed by atoms with Crippen molar-refractivity contribution < 1.29 is 41.5 Å². The zero-order valence-corrected chi connectivity index (χ0v) is 12.3. The molecule has 0 saturated heterocycles. The van der Waals surface area contributed by atoms with Crippen LogP contribution in [0.15, 0.2) is 12.1 Å². The monoisotopic (exact) mass is 298 g/mol. The van der Waals surface area contributed by atoms with Crippen LogP contribution >= 0.6 is 0 Å². The molecule has 1 radical (unpaired) electrons. The second kappa shape index (κ2) is 6.21. The predicted octanol–water partition coefficient (Wildman–Crippen LogP) is 4.06. The first-order valence-electron chi connectivity index (χ1n) is 5.53. The molecule has 1 fully saturated rings. The van der Waals surface area contributed by atoms with E-state index >= 15 is 0 Å². The normalized spacial score (nSPS) is 24.9. The fourth-order valence-corrected chi connectivity index (χ4v) is 2.35. The smallest absolute Gasteiger partial charge is 0.0139 e. The van der Waals surface area contributed by atoms with Gasteiger partial charge < -0.3 is 0 Å². The average molecular weight is 298 g/mol. The first kappa shape index (κ1) is 14.2. The molecule has 0 N–H and O–H groups in total. The molecule has 16 heavy (non-hydrogen) atoms. The molecule has 0 amide bonds. The van der Waals surface area contributed by atoms with Gasteiger partial charge in [-0.1, -0.05) is 19.8 Å². The van der Waals surface area contributed by atoms with Gasteiger partial charge in [0.25, 0.3) is 0 Å². The van der Waals surface area contributed by atoms with Crippen molar-refractivity contribution in [2.45, 2.75) is 38.5 Å². The molecule has 1 saturated carbocycles. The first-order valence-corrected chi connectivity index (χ1v) is 5.53. The van der Waals surface area contributed by atoms with E-state index in [9.17, 15) is 8.78 Å². The van der Waals surface area contributed by atoms with E-state index in [0.717, 1.165) is 37.2 Å². The molecule has 2 rings (SSSR count). The fraction of sp³-hybridized carbons (Fsp3) is 0.538. The molecule has 1 aliphatic rings. The Morgan fingerprint density at radius 3 is 2.06 bits per heavy atom. The summed E-state index contributed by atoms with van der Waals surface area (Å²) in [5, 5.41) is 0. The minimum atomic E-state index is -0.580. The van der Waals surface area contributed by atoms with E-state index in [-0.39, 0.29) is 32.7 Å². The van der Waals surface area contributed by atoms with Crippen LogP contribution in [0.4, 0.5) is 8.78 Å². The Bertz CT molecular complexity index is 324. The Labute approximate surface area is 121 Å². The molecule has 0 aliphatic heterocycles. The third-order valence-corrected chi connectivity index (χ3v) is 3.31. The standard InChI is InChI=1S/C13H15F2.Y/c1-9-2-4-10(5-3-9)11-6-12(14)8-13(15)7-11;/h6-7,9-10H,2-5H2,1H3;/q-1;. The number of benzene rings is 1. The third-order valence-electron chi connectivity index (χ3n) is 3.31. The fourth-order valence-electron chi connectivity index (χ4n) is 2.35. The summed E-state index contributed by atoms with van der Waals surface area (Å²) in [4.78, 5) is 0. The van der Waals surface area contributed by atoms with Gasteiger partial charge in [0.2, 0.25) is 0 Å². The van der Waals surface area contributed by atoms with Gasteiger partial charge in [-0.25, -0.2) is 8.78 Å². The van der Waals surface area contributed by atoms with Crippen LogP contribution in [0.2, 0.25) is 0 Å². The SMILES string of the molecule is CC1CCC(c2cc(F)[c-]c(F)c2)CC1.[Y]. The van der Waals surface area contributed by atoms with Crippen LogP contribution in [0.3, 0.4) is 0 Å². The Kier molecular flexibility index (Phi) is 5.53. The van der Waals surface area contributed by atoms with Gasteiger partial charge in [0, 0.05) is 44.3 Å². The number of halogens is 2. The van der Waals surface area contributed by atoms with E-state index in [1.807, 2.05) is 6.07 Å². The van der Waals surface area contributed by atoms with Gasteiger partial charge in [0.1, 0.15) is 0 Å². The summed E-state index contributed by atoms with van der Waals surface area (Å²) in [7, 11) is 0. The molecule has 0 aromatic heterocycles. The summed E-state index contributed by atoms with van der Waals surface area (Å²) in [6.45, 7) is 2.23. The largest absolute Gasteiger partial charge is 0.236 e. The van der Waals surface area contributed by atoms with E-state index < -0.39 is 11.6 Å². The van der Waals surface area contributed by atoms with Gasteiger partial charge in [-0.05, 0) is 24.7 Å². The van der Waals surface area contributed by atoms with E-state index in [2.05, 4.69) is 6.92 Å². The zero-order chi connectivity index (χ0) is 10.8. The van der Waals surface area contributed by atoms with Crippen molar-refractivity contribution in [1.29, 1.82) is 0 Å². The molecular formula is C13H15F2Y-. The van der Waals surface area contributed by atoms with E-state index in [1.165, 1.54) is 12.1 Å². The maximum Gasteiger partial charge on any atom is 0.0139 e. The first-order chi connectivity index (χ1) is 7.15. The number of hydrogen-bond donors (Lipinski definition) is 0. The average Bonchev–Trinajstić information content (AvgIpc) is 2.17. The van der Waals surface area contributed by atoms with Crippen LogP contribution in [0, 0.1) is 23.6 Å². The molecule has 0 nitrogen and oxygen atoms in total. The van der Waals surface area contributed by atoms with Crippen molar-refractivity contribution in [3.05, 3.63) is 35.4 Å². The molecule has 0 spiro atoms. The summed E-state index contributed by atoms with van der Waals surface area (Å²) in [5.41, 5.74) is 0.802. The molecule has 3 heteroatoms. The third kappa shape index (κ3) is 3.60. The van der Waals surface area contributed by atoms with Crippen molar-refractivity contribution >= 4 is 0 Å². The van der Waals surface area contributed by atoms with E-state index in [4.69, 9.17) is 0 Å². The van der Waals surface area contributed by atoms with Gasteiger partial charge in [0.15, 0.2) is 0 Å². The van der Waals surface area contributed by atoms with Crippen molar-refractivity contribution in [1.82, 2.24) is 0 Å². The molecule has 0 heterocycles. The Morgan fingerprint density at radius 2 is 1.56 bits per heavy atom. The molecule has 1 aromatic carbocycles. The van der Waals surface area contributed by atoms with Gasteiger partial charge in [-0.2, -0.15) is 0 Å². The van der Waals surface area contributed by atoms with Crippen molar-refractivity contribution in [2.24, 2.45) is 5.92 Å². The Balaban J connectivity index is 0.00000128. The van der Waals surface area contributed by atoms with Crippen LogP contribution < -0.4 is 0 Å². The van der Waals surface area contributed by atoms with Crippen LogP contribution in [0.5, 0.6) is 0 Å². The molecule has 0 atom stereocenters. The van der Waals surface area contributed by atoms with Crippen molar-refractivity contribution in [3.63, 3.8) is 0 Å². The molecule has 1 aromatic rings. The summed E-state index contributed by atoms with van der Waals surface area (Å²) in [5.74, 6) is -0.0711. The summed E-state index contributed by atoms with van der Waals surface area (Å²) in [6.07, 6.45) is 4.41. The molecule has 0 unspecified atom stereocenters. The van der Waals surface area contributed by atoms with Gasteiger partial charge >= 0.3 is 0 Å². The topological polar surface area (TPSA) is 0 Å². The van der Waals surface area contributed by atoms with E-state index in [0.29, 0.717) is 5.92 Å². The second-order valence-electron chi connectivity index (χ2n) is 4.57. The van der Waals surface area contributed by atoms with Crippen LogP contribution in [-0.2, 0) is 32.7 Å². The van der Waals surface area contributed by atoms with Crippen molar-refractivity contribution in [3.8, 4) is 0 Å². The van der Waals surface area contributed by atoms with Crippen LogP contribution in [-0.4, -0.2) is 0 Å². The molecular weight excluding hydrogens is 283 g/mol. The van der Waals surface area contributed by atoms with Gasteiger partial charge in [-0.15, -0.1) is 23.8 Å². The minimum Gasteiger partial charge on any atom is -0.236 e. The van der Waals surface area contributed by atoms with Crippen molar-refractivity contribution in [2.75, 3.05) is 0 Å². The molecule has 85 valence electrons. The maximum absolute atomic E-state index is 13.0. The summed E-state index contributed by atoms with van der Waals surface area (Å²) < 4.78 is 25.9. The predicted molar refractivity (Wildman–Crippen MR) is 55.6 cm³/mol. The van der Waals surface area contributed by atoms with Gasteiger partial charge in [0.05, 0.1) is 0 Å². The van der Waals surface area contributed by atoms with E-state index in [1.54, 1.807) is 0 Å². The molecule has 0 bridgehead atoms. The van der Waals surface area contributed by atoms with Crippen LogP contribution in [0.1, 0.15) is 44.1 Å². The summed E-state index contributed by atoms with van der Waals surface area (Å²) in [6, 6.07) is 4.87.